The van der Waals surface area contributed by atoms with Crippen LogP contribution in [0.5, 0.6) is 0 Å². The maximum atomic E-state index is 8.90. The minimum atomic E-state index is 0.195. The van der Waals surface area contributed by atoms with Crippen molar-refractivity contribution in [1.82, 2.24) is 9.88 Å². The summed E-state index contributed by atoms with van der Waals surface area (Å²) < 4.78 is 0. The third-order valence-electron chi connectivity index (χ3n) is 2.87. The Morgan fingerprint density at radius 1 is 1.11 bits per heavy atom. The lowest BCUT2D eigenvalue weighted by Gasteiger charge is -2.15. The average Bonchev–Trinajstić information content (AvgIpc) is 2.40. The second-order valence-corrected chi connectivity index (χ2v) is 4.40. The van der Waals surface area contributed by atoms with Gasteiger partial charge in [-0.05, 0) is 41.9 Å². The number of benzene rings is 1. The standard InChI is InChI=1S/C15H18N2O/c1-17(9-10-18)12-13-3-2-4-15(11-13)14-5-7-16-8-6-14/h2-8,11,18H,9-10,12H2,1H3. The van der Waals surface area contributed by atoms with Crippen LogP contribution in [0.3, 0.4) is 0 Å². The van der Waals surface area contributed by atoms with Crippen LogP contribution >= 0.6 is 0 Å². The first-order chi connectivity index (χ1) is 8.79. The molecule has 1 heterocycles. The SMILES string of the molecule is CN(CCO)Cc1cccc(-c2ccncc2)c1. The third kappa shape index (κ3) is 3.39. The van der Waals surface area contributed by atoms with Crippen LogP contribution < -0.4 is 0 Å². The highest BCUT2D eigenvalue weighted by Gasteiger charge is 2.02. The number of hydrogen-bond donors (Lipinski definition) is 1. The van der Waals surface area contributed by atoms with Gasteiger partial charge in [-0.2, -0.15) is 0 Å². The van der Waals surface area contributed by atoms with E-state index < -0.39 is 0 Å². The van der Waals surface area contributed by atoms with Gasteiger partial charge in [0.15, 0.2) is 0 Å². The summed E-state index contributed by atoms with van der Waals surface area (Å²) in [6.07, 6.45) is 3.61. The lowest BCUT2D eigenvalue weighted by Crippen LogP contribution is -2.21. The summed E-state index contributed by atoms with van der Waals surface area (Å²) in [6.45, 7) is 1.74. The normalized spacial score (nSPS) is 10.8. The molecule has 2 rings (SSSR count). The summed E-state index contributed by atoms with van der Waals surface area (Å²) in [5.74, 6) is 0. The van der Waals surface area contributed by atoms with Crippen molar-refractivity contribution in [1.29, 1.82) is 0 Å². The molecule has 0 saturated heterocycles. The monoisotopic (exact) mass is 242 g/mol. The molecule has 0 saturated carbocycles. The van der Waals surface area contributed by atoms with Crippen molar-refractivity contribution in [3.63, 3.8) is 0 Å². The predicted octanol–water partition coefficient (Wildman–Crippen LogP) is 2.17. The van der Waals surface area contributed by atoms with Crippen LogP contribution in [0, 0.1) is 0 Å². The van der Waals surface area contributed by atoms with Crippen molar-refractivity contribution >= 4 is 0 Å². The van der Waals surface area contributed by atoms with E-state index in [0.717, 1.165) is 6.54 Å². The number of aliphatic hydroxyl groups excluding tert-OH is 1. The molecular formula is C15H18N2O. The van der Waals surface area contributed by atoms with Gasteiger partial charge in [0.25, 0.3) is 0 Å². The Kier molecular flexibility index (Phi) is 4.45. The molecule has 0 aliphatic rings. The van der Waals surface area contributed by atoms with Crippen molar-refractivity contribution in [2.75, 3.05) is 20.2 Å². The fraction of sp³-hybridized carbons (Fsp3) is 0.267. The molecule has 0 radical (unpaired) electrons. The molecule has 2 aromatic rings. The average molecular weight is 242 g/mol. The second-order valence-electron chi connectivity index (χ2n) is 4.40. The molecule has 1 N–H and O–H groups in total. The first-order valence-corrected chi connectivity index (χ1v) is 6.08. The first-order valence-electron chi connectivity index (χ1n) is 6.08. The van der Waals surface area contributed by atoms with Gasteiger partial charge in [-0.1, -0.05) is 18.2 Å². The summed E-state index contributed by atoms with van der Waals surface area (Å²) in [5.41, 5.74) is 3.63. The summed E-state index contributed by atoms with van der Waals surface area (Å²) in [7, 11) is 2.01. The van der Waals surface area contributed by atoms with Crippen LogP contribution in [0.15, 0.2) is 48.8 Å². The van der Waals surface area contributed by atoms with E-state index in [9.17, 15) is 0 Å². The Labute approximate surface area is 108 Å². The quantitative estimate of drug-likeness (QED) is 0.873. The molecule has 3 heteroatoms. The molecule has 0 bridgehead atoms. The Morgan fingerprint density at radius 2 is 1.89 bits per heavy atom. The van der Waals surface area contributed by atoms with Crippen LogP contribution in [-0.4, -0.2) is 35.2 Å². The van der Waals surface area contributed by atoms with E-state index in [1.807, 2.05) is 19.2 Å². The minimum Gasteiger partial charge on any atom is -0.395 e. The first kappa shape index (κ1) is 12.7. The maximum absolute atomic E-state index is 8.90. The van der Waals surface area contributed by atoms with Crippen molar-refractivity contribution in [3.8, 4) is 11.1 Å². The molecule has 0 fully saturated rings. The van der Waals surface area contributed by atoms with E-state index in [2.05, 4.69) is 34.1 Å². The molecule has 0 atom stereocenters. The molecule has 1 aromatic carbocycles. The number of nitrogens with zero attached hydrogens (tertiary/aromatic N) is 2. The van der Waals surface area contributed by atoms with E-state index in [1.54, 1.807) is 12.4 Å². The van der Waals surface area contributed by atoms with Gasteiger partial charge in [0.1, 0.15) is 0 Å². The van der Waals surface area contributed by atoms with Crippen molar-refractivity contribution in [2.45, 2.75) is 6.54 Å². The van der Waals surface area contributed by atoms with Crippen molar-refractivity contribution in [3.05, 3.63) is 54.4 Å². The molecule has 18 heavy (non-hydrogen) atoms. The van der Waals surface area contributed by atoms with Gasteiger partial charge in [-0.3, -0.25) is 9.88 Å². The highest BCUT2D eigenvalue weighted by molar-refractivity contribution is 5.63. The summed E-state index contributed by atoms with van der Waals surface area (Å²) >= 11 is 0. The number of rotatable bonds is 5. The Bertz CT molecular complexity index is 485. The highest BCUT2D eigenvalue weighted by Crippen LogP contribution is 2.19. The molecular weight excluding hydrogens is 224 g/mol. The molecule has 0 unspecified atom stereocenters. The van der Waals surface area contributed by atoms with Crippen molar-refractivity contribution < 1.29 is 5.11 Å². The zero-order valence-corrected chi connectivity index (χ0v) is 10.6. The lowest BCUT2D eigenvalue weighted by molar-refractivity contribution is 0.217. The second kappa shape index (κ2) is 6.28. The van der Waals surface area contributed by atoms with E-state index >= 15 is 0 Å². The molecule has 3 nitrogen and oxygen atoms in total. The summed E-state index contributed by atoms with van der Waals surface area (Å²) in [6, 6.07) is 12.5. The fourth-order valence-corrected chi connectivity index (χ4v) is 1.96. The molecule has 0 amide bonds. The smallest absolute Gasteiger partial charge is 0.0558 e. The third-order valence-corrected chi connectivity index (χ3v) is 2.87. The number of likely N-dealkylation sites (N-methyl/N-ethyl adjacent to an activating group) is 1. The van der Waals surface area contributed by atoms with Crippen LogP contribution in [0.1, 0.15) is 5.56 Å². The van der Waals surface area contributed by atoms with Gasteiger partial charge in [0, 0.05) is 25.5 Å². The van der Waals surface area contributed by atoms with Gasteiger partial charge in [0.05, 0.1) is 6.61 Å². The zero-order chi connectivity index (χ0) is 12.8. The predicted molar refractivity (Wildman–Crippen MR) is 73.1 cm³/mol. The minimum absolute atomic E-state index is 0.195. The molecule has 1 aromatic heterocycles. The molecule has 0 spiro atoms. The lowest BCUT2D eigenvalue weighted by atomic mass is 10.0. The van der Waals surface area contributed by atoms with Gasteiger partial charge >= 0.3 is 0 Å². The van der Waals surface area contributed by atoms with E-state index in [0.29, 0.717) is 6.54 Å². The Balaban J connectivity index is 2.15. The van der Waals surface area contributed by atoms with E-state index in [-0.39, 0.29) is 6.61 Å². The maximum Gasteiger partial charge on any atom is 0.0558 e. The van der Waals surface area contributed by atoms with Gasteiger partial charge in [-0.25, -0.2) is 0 Å². The van der Waals surface area contributed by atoms with Crippen LogP contribution in [0.4, 0.5) is 0 Å². The topological polar surface area (TPSA) is 36.4 Å². The molecule has 0 aliphatic heterocycles. The van der Waals surface area contributed by atoms with E-state index in [4.69, 9.17) is 5.11 Å². The summed E-state index contributed by atoms with van der Waals surface area (Å²) in [5, 5.41) is 8.90. The van der Waals surface area contributed by atoms with Gasteiger partial charge < -0.3 is 5.11 Å². The number of aromatic nitrogens is 1. The Hall–Kier alpha value is -1.71. The number of pyridine rings is 1. The van der Waals surface area contributed by atoms with Crippen LogP contribution in [0.25, 0.3) is 11.1 Å². The van der Waals surface area contributed by atoms with Crippen molar-refractivity contribution in [2.24, 2.45) is 0 Å². The van der Waals surface area contributed by atoms with E-state index in [1.165, 1.54) is 16.7 Å². The van der Waals surface area contributed by atoms with Crippen LogP contribution in [0.2, 0.25) is 0 Å². The number of hydrogen-bond acceptors (Lipinski definition) is 3. The largest absolute Gasteiger partial charge is 0.395 e. The van der Waals surface area contributed by atoms with Gasteiger partial charge in [-0.15, -0.1) is 0 Å². The summed E-state index contributed by atoms with van der Waals surface area (Å²) in [4.78, 5) is 6.13. The molecule has 0 aliphatic carbocycles. The fourth-order valence-electron chi connectivity index (χ4n) is 1.96. The van der Waals surface area contributed by atoms with Gasteiger partial charge in [0.2, 0.25) is 0 Å². The molecule has 94 valence electrons. The highest BCUT2D eigenvalue weighted by atomic mass is 16.3. The Morgan fingerprint density at radius 3 is 2.61 bits per heavy atom. The number of aliphatic hydroxyl groups is 1. The van der Waals surface area contributed by atoms with Crippen LogP contribution in [-0.2, 0) is 6.54 Å². The zero-order valence-electron chi connectivity index (χ0n) is 10.6.